The third-order valence-electron chi connectivity index (χ3n) is 2.76. The fourth-order valence-corrected chi connectivity index (χ4v) is 1.86. The molecule has 2 N–H and O–H groups in total. The molecule has 0 atom stereocenters. The molecule has 2 rings (SSSR count). The number of aryl methyl sites for hydroxylation is 1. The lowest BCUT2D eigenvalue weighted by Gasteiger charge is -2.04. The molecule has 2 aromatic heterocycles. The fraction of sp³-hybridized carbons (Fsp3) is 0.500. The van der Waals surface area contributed by atoms with E-state index < -0.39 is 11.2 Å². The number of hydrogen-bond acceptors (Lipinski definition) is 5. The molecule has 2 heterocycles. The predicted octanol–water partition coefficient (Wildman–Crippen LogP) is -0.889. The van der Waals surface area contributed by atoms with Crippen LogP contribution in [0.1, 0.15) is 0 Å². The van der Waals surface area contributed by atoms with Crippen LogP contribution in [-0.2, 0) is 18.3 Å². The van der Waals surface area contributed by atoms with E-state index in [-0.39, 0.29) is 0 Å². The summed E-state index contributed by atoms with van der Waals surface area (Å²) in [5, 5.41) is 2.87. The highest BCUT2D eigenvalue weighted by Crippen LogP contribution is 2.12. The highest BCUT2D eigenvalue weighted by Gasteiger charge is 2.15. The summed E-state index contributed by atoms with van der Waals surface area (Å²) in [7, 11) is 4.96. The summed E-state index contributed by atoms with van der Waals surface area (Å²) in [6, 6.07) is 0. The first-order valence-electron chi connectivity index (χ1n) is 5.46. The fourth-order valence-electron chi connectivity index (χ4n) is 1.86. The minimum absolute atomic E-state index is 0.336. The van der Waals surface area contributed by atoms with Gasteiger partial charge in [-0.25, -0.2) is 4.79 Å². The average molecular weight is 253 g/mol. The normalized spacial score (nSPS) is 11.1. The molecule has 8 nitrogen and oxygen atoms in total. The number of hydrogen-bond donors (Lipinski definition) is 2. The Labute approximate surface area is 102 Å². The summed E-state index contributed by atoms with van der Waals surface area (Å²) in [5.74, 6) is 0.521. The molecular formula is C10H15N5O3. The minimum atomic E-state index is -0.481. The van der Waals surface area contributed by atoms with Crippen LogP contribution < -0.4 is 16.6 Å². The number of imidazole rings is 1. The molecule has 0 amide bonds. The zero-order valence-electron chi connectivity index (χ0n) is 10.5. The number of fused-ring (bicyclic) bond motifs is 1. The van der Waals surface area contributed by atoms with Crippen LogP contribution in [0.5, 0.6) is 0 Å². The molecule has 0 aliphatic carbocycles. The number of nitrogens with one attached hydrogen (secondary N) is 2. The van der Waals surface area contributed by atoms with E-state index in [9.17, 15) is 9.59 Å². The summed E-state index contributed by atoms with van der Waals surface area (Å²) in [5.41, 5.74) is -0.215. The summed E-state index contributed by atoms with van der Waals surface area (Å²) < 4.78 is 7.94. The van der Waals surface area contributed by atoms with Gasteiger partial charge >= 0.3 is 5.69 Å². The molecule has 0 saturated heterocycles. The maximum Gasteiger partial charge on any atom is 0.330 e. The van der Waals surface area contributed by atoms with Crippen LogP contribution in [0.15, 0.2) is 9.59 Å². The van der Waals surface area contributed by atoms with E-state index in [4.69, 9.17) is 4.74 Å². The Morgan fingerprint density at radius 3 is 2.78 bits per heavy atom. The average Bonchev–Trinajstić information content (AvgIpc) is 2.66. The standard InChI is InChI=1S/C10H15N5O3/c1-11-9-12-7-6(14(9)2)8(16)13-10(17)15(7)4-5-18-3/h4-5H2,1-3H3,(H,11,12)(H,13,16,17). The number of aromatic nitrogens is 4. The van der Waals surface area contributed by atoms with Gasteiger partial charge in [0.15, 0.2) is 11.2 Å². The lowest BCUT2D eigenvalue weighted by atomic mass is 10.5. The molecule has 18 heavy (non-hydrogen) atoms. The molecule has 0 fully saturated rings. The summed E-state index contributed by atoms with van der Waals surface area (Å²) in [6.45, 7) is 0.704. The topological polar surface area (TPSA) is 93.9 Å². The number of aromatic amines is 1. The first-order valence-corrected chi connectivity index (χ1v) is 5.46. The number of rotatable bonds is 4. The minimum Gasteiger partial charge on any atom is -0.383 e. The molecular weight excluding hydrogens is 238 g/mol. The van der Waals surface area contributed by atoms with Gasteiger partial charge in [-0.3, -0.25) is 14.3 Å². The zero-order valence-corrected chi connectivity index (χ0v) is 10.5. The maximum atomic E-state index is 11.8. The Hall–Kier alpha value is -2.09. The lowest BCUT2D eigenvalue weighted by Crippen LogP contribution is -2.32. The molecule has 0 unspecified atom stereocenters. The van der Waals surface area contributed by atoms with Gasteiger partial charge in [0, 0.05) is 21.2 Å². The Kier molecular flexibility index (Phi) is 3.19. The number of ether oxygens (including phenoxy) is 1. The first-order chi connectivity index (χ1) is 8.60. The van der Waals surface area contributed by atoms with E-state index in [0.717, 1.165) is 0 Å². The van der Waals surface area contributed by atoms with Crippen LogP contribution in [0, 0.1) is 0 Å². The Morgan fingerprint density at radius 2 is 2.17 bits per heavy atom. The number of H-pyrrole nitrogens is 1. The Bertz CT molecular complexity index is 681. The molecule has 98 valence electrons. The molecule has 0 bridgehead atoms. The van der Waals surface area contributed by atoms with Crippen LogP contribution in [0.25, 0.3) is 11.2 Å². The van der Waals surface area contributed by atoms with Gasteiger partial charge < -0.3 is 14.6 Å². The molecule has 0 saturated carbocycles. The number of anilines is 1. The van der Waals surface area contributed by atoms with Crippen LogP contribution in [0.2, 0.25) is 0 Å². The van der Waals surface area contributed by atoms with Crippen LogP contribution in [-0.4, -0.2) is 39.9 Å². The molecule has 2 aromatic rings. The molecule has 0 spiro atoms. The van der Waals surface area contributed by atoms with Crippen molar-refractivity contribution in [2.75, 3.05) is 26.1 Å². The van der Waals surface area contributed by atoms with Crippen molar-refractivity contribution in [1.82, 2.24) is 19.1 Å². The van der Waals surface area contributed by atoms with Gasteiger partial charge in [-0.2, -0.15) is 4.98 Å². The highest BCUT2D eigenvalue weighted by molar-refractivity contribution is 5.73. The summed E-state index contributed by atoms with van der Waals surface area (Å²) in [4.78, 5) is 30.1. The van der Waals surface area contributed by atoms with Crippen molar-refractivity contribution >= 4 is 17.1 Å². The van der Waals surface area contributed by atoms with Gasteiger partial charge in [0.1, 0.15) is 0 Å². The predicted molar refractivity (Wildman–Crippen MR) is 67.0 cm³/mol. The number of nitrogens with zero attached hydrogens (tertiary/aromatic N) is 3. The van der Waals surface area contributed by atoms with E-state index in [2.05, 4.69) is 15.3 Å². The van der Waals surface area contributed by atoms with Crippen molar-refractivity contribution in [3.05, 3.63) is 20.8 Å². The Balaban J connectivity index is 2.77. The van der Waals surface area contributed by atoms with E-state index in [1.165, 1.54) is 4.57 Å². The smallest absolute Gasteiger partial charge is 0.330 e. The second kappa shape index (κ2) is 4.65. The van der Waals surface area contributed by atoms with E-state index in [0.29, 0.717) is 30.3 Å². The van der Waals surface area contributed by atoms with Gasteiger partial charge in [0.2, 0.25) is 5.95 Å². The van der Waals surface area contributed by atoms with E-state index in [1.807, 2.05) is 0 Å². The zero-order chi connectivity index (χ0) is 13.3. The highest BCUT2D eigenvalue weighted by atomic mass is 16.5. The van der Waals surface area contributed by atoms with Crippen molar-refractivity contribution in [3.8, 4) is 0 Å². The SMILES string of the molecule is CNc1nc2c(c(=O)[nH]c(=O)n2CCOC)n1C. The Morgan fingerprint density at radius 1 is 1.44 bits per heavy atom. The van der Waals surface area contributed by atoms with Gasteiger partial charge in [-0.05, 0) is 0 Å². The van der Waals surface area contributed by atoms with Gasteiger partial charge in [-0.1, -0.05) is 0 Å². The monoisotopic (exact) mass is 253 g/mol. The van der Waals surface area contributed by atoms with Gasteiger partial charge in [-0.15, -0.1) is 0 Å². The first kappa shape index (κ1) is 12.4. The van der Waals surface area contributed by atoms with Crippen molar-refractivity contribution < 1.29 is 4.74 Å². The quantitative estimate of drug-likeness (QED) is 0.737. The third-order valence-corrected chi connectivity index (χ3v) is 2.76. The van der Waals surface area contributed by atoms with E-state index >= 15 is 0 Å². The van der Waals surface area contributed by atoms with Crippen LogP contribution >= 0.6 is 0 Å². The number of methoxy groups -OCH3 is 1. The second-order valence-electron chi connectivity index (χ2n) is 3.82. The van der Waals surface area contributed by atoms with E-state index in [1.54, 1.807) is 25.8 Å². The second-order valence-corrected chi connectivity index (χ2v) is 3.82. The largest absolute Gasteiger partial charge is 0.383 e. The molecule has 0 aromatic carbocycles. The van der Waals surface area contributed by atoms with Crippen molar-refractivity contribution in [2.45, 2.75) is 6.54 Å². The molecule has 0 aliphatic rings. The van der Waals surface area contributed by atoms with Crippen molar-refractivity contribution in [2.24, 2.45) is 7.05 Å². The third kappa shape index (κ3) is 1.80. The van der Waals surface area contributed by atoms with Crippen LogP contribution in [0.4, 0.5) is 5.95 Å². The molecule has 0 aliphatic heterocycles. The summed E-state index contributed by atoms with van der Waals surface area (Å²) >= 11 is 0. The summed E-state index contributed by atoms with van der Waals surface area (Å²) in [6.07, 6.45) is 0. The molecule has 8 heteroatoms. The molecule has 0 radical (unpaired) electrons. The lowest BCUT2D eigenvalue weighted by molar-refractivity contribution is 0.187. The van der Waals surface area contributed by atoms with Crippen molar-refractivity contribution in [1.29, 1.82) is 0 Å². The van der Waals surface area contributed by atoms with Gasteiger partial charge in [0.05, 0.1) is 13.2 Å². The van der Waals surface area contributed by atoms with Gasteiger partial charge in [0.25, 0.3) is 5.56 Å². The maximum absolute atomic E-state index is 11.8. The van der Waals surface area contributed by atoms with Crippen molar-refractivity contribution in [3.63, 3.8) is 0 Å². The van der Waals surface area contributed by atoms with Crippen LogP contribution in [0.3, 0.4) is 0 Å².